The molecule has 1 fully saturated rings. The normalized spacial score (nSPS) is 14.1. The topological polar surface area (TPSA) is 49.4 Å². The number of aryl methyl sites for hydroxylation is 2. The molecule has 0 bridgehead atoms. The van der Waals surface area contributed by atoms with Crippen molar-refractivity contribution in [2.45, 2.75) is 33.2 Å². The number of anilines is 1. The van der Waals surface area contributed by atoms with Gasteiger partial charge in [-0.05, 0) is 43.5 Å². The van der Waals surface area contributed by atoms with Gasteiger partial charge in [-0.25, -0.2) is 0 Å². The Labute approximate surface area is 142 Å². The highest BCUT2D eigenvalue weighted by Crippen LogP contribution is 2.26. The van der Waals surface area contributed by atoms with Crippen LogP contribution in [-0.2, 0) is 11.3 Å². The molecule has 0 spiro atoms. The summed E-state index contributed by atoms with van der Waals surface area (Å²) in [6.07, 6.45) is 1.46. The van der Waals surface area contributed by atoms with Crippen LogP contribution in [0.25, 0.3) is 0 Å². The van der Waals surface area contributed by atoms with Crippen LogP contribution in [0.3, 0.4) is 0 Å². The van der Waals surface area contributed by atoms with Crippen LogP contribution in [0.2, 0.25) is 0 Å². The molecule has 4 heteroatoms. The first-order valence-electron chi connectivity index (χ1n) is 8.29. The third-order valence-electron chi connectivity index (χ3n) is 4.41. The lowest BCUT2D eigenvalue weighted by atomic mass is 10.1. The van der Waals surface area contributed by atoms with Gasteiger partial charge in [-0.1, -0.05) is 35.9 Å². The van der Waals surface area contributed by atoms with Crippen molar-refractivity contribution in [2.24, 2.45) is 0 Å². The Morgan fingerprint density at radius 2 is 1.88 bits per heavy atom. The molecular formula is C20H22N2O2. The summed E-state index contributed by atoms with van der Waals surface area (Å²) in [6, 6.07) is 13.6. The summed E-state index contributed by atoms with van der Waals surface area (Å²) in [7, 11) is 0. The highest BCUT2D eigenvalue weighted by Gasteiger charge is 2.23. The third kappa shape index (κ3) is 3.48. The summed E-state index contributed by atoms with van der Waals surface area (Å²) >= 11 is 0. The monoisotopic (exact) mass is 322 g/mol. The van der Waals surface area contributed by atoms with Crippen molar-refractivity contribution in [1.29, 1.82) is 0 Å². The average molecular weight is 322 g/mol. The number of hydrogen-bond acceptors (Lipinski definition) is 2. The van der Waals surface area contributed by atoms with Gasteiger partial charge in [0.1, 0.15) is 0 Å². The molecule has 1 aliphatic rings. The molecular weight excluding hydrogens is 300 g/mol. The number of hydrogen-bond donors (Lipinski definition) is 1. The number of benzene rings is 2. The largest absolute Gasteiger partial charge is 0.348 e. The molecule has 2 aromatic carbocycles. The SMILES string of the molecule is Cc1ccc(CNC(=O)c2ccc(C)c(N3CCCC3=O)c2)cc1. The minimum Gasteiger partial charge on any atom is -0.348 e. The summed E-state index contributed by atoms with van der Waals surface area (Å²) in [5.74, 6) is 0.0128. The molecule has 0 atom stereocenters. The summed E-state index contributed by atoms with van der Waals surface area (Å²) in [5.41, 5.74) is 4.71. The van der Waals surface area contributed by atoms with E-state index >= 15 is 0 Å². The zero-order valence-electron chi connectivity index (χ0n) is 14.1. The standard InChI is InChI=1S/C20H22N2O2/c1-14-5-8-16(9-6-14)13-21-20(24)17-10-7-15(2)18(12-17)22-11-3-4-19(22)23/h5-10,12H,3-4,11,13H2,1-2H3,(H,21,24). The van der Waals surface area contributed by atoms with Crippen LogP contribution in [0.15, 0.2) is 42.5 Å². The van der Waals surface area contributed by atoms with Crippen molar-refractivity contribution in [3.8, 4) is 0 Å². The fourth-order valence-electron chi connectivity index (χ4n) is 2.93. The Hall–Kier alpha value is -2.62. The van der Waals surface area contributed by atoms with Gasteiger partial charge in [0.25, 0.3) is 5.91 Å². The second-order valence-corrected chi connectivity index (χ2v) is 6.32. The van der Waals surface area contributed by atoms with Gasteiger partial charge in [0.2, 0.25) is 5.91 Å². The maximum absolute atomic E-state index is 12.4. The molecule has 0 saturated carbocycles. The molecule has 124 valence electrons. The van der Waals surface area contributed by atoms with E-state index in [9.17, 15) is 9.59 Å². The number of amides is 2. The molecule has 0 aromatic heterocycles. The van der Waals surface area contributed by atoms with Crippen molar-refractivity contribution in [1.82, 2.24) is 5.32 Å². The first kappa shape index (κ1) is 16.2. The first-order chi connectivity index (χ1) is 11.5. The molecule has 0 unspecified atom stereocenters. The van der Waals surface area contributed by atoms with Crippen LogP contribution < -0.4 is 10.2 Å². The number of carbonyl (C=O) groups excluding carboxylic acids is 2. The van der Waals surface area contributed by atoms with Crippen molar-refractivity contribution >= 4 is 17.5 Å². The Morgan fingerprint density at radius 3 is 2.54 bits per heavy atom. The molecule has 4 nitrogen and oxygen atoms in total. The van der Waals surface area contributed by atoms with E-state index in [-0.39, 0.29) is 11.8 Å². The second kappa shape index (κ2) is 6.87. The summed E-state index contributed by atoms with van der Waals surface area (Å²) in [4.78, 5) is 26.2. The highest BCUT2D eigenvalue weighted by molar-refractivity contribution is 5.99. The van der Waals surface area contributed by atoms with Crippen LogP contribution in [0.4, 0.5) is 5.69 Å². The molecule has 24 heavy (non-hydrogen) atoms. The maximum atomic E-state index is 12.4. The van der Waals surface area contributed by atoms with Gasteiger partial charge in [-0.2, -0.15) is 0 Å². The molecule has 0 aliphatic carbocycles. The maximum Gasteiger partial charge on any atom is 0.251 e. The third-order valence-corrected chi connectivity index (χ3v) is 4.41. The summed E-state index contributed by atoms with van der Waals surface area (Å²) in [5, 5.41) is 2.94. The molecule has 1 aliphatic heterocycles. The van der Waals surface area contributed by atoms with E-state index in [1.807, 2.05) is 56.3 Å². The number of nitrogens with one attached hydrogen (secondary N) is 1. The van der Waals surface area contributed by atoms with Gasteiger partial charge in [0.05, 0.1) is 0 Å². The minimum absolute atomic E-state index is 0.122. The highest BCUT2D eigenvalue weighted by atomic mass is 16.2. The Kier molecular flexibility index (Phi) is 4.65. The lowest BCUT2D eigenvalue weighted by molar-refractivity contribution is -0.117. The lowest BCUT2D eigenvalue weighted by Gasteiger charge is -2.19. The van der Waals surface area contributed by atoms with Gasteiger partial charge in [-0.3, -0.25) is 9.59 Å². The van der Waals surface area contributed by atoms with E-state index in [4.69, 9.17) is 0 Å². The van der Waals surface area contributed by atoms with E-state index in [0.29, 0.717) is 18.5 Å². The molecule has 1 saturated heterocycles. The molecule has 3 rings (SSSR count). The molecule has 0 radical (unpaired) electrons. The Morgan fingerprint density at radius 1 is 1.12 bits per heavy atom. The lowest BCUT2D eigenvalue weighted by Crippen LogP contribution is -2.26. The van der Waals surface area contributed by atoms with E-state index < -0.39 is 0 Å². The van der Waals surface area contributed by atoms with Crippen LogP contribution in [0.5, 0.6) is 0 Å². The number of rotatable bonds is 4. The van der Waals surface area contributed by atoms with Crippen LogP contribution in [0.1, 0.15) is 39.9 Å². The number of carbonyl (C=O) groups is 2. The van der Waals surface area contributed by atoms with Gasteiger partial charge in [0.15, 0.2) is 0 Å². The van der Waals surface area contributed by atoms with Gasteiger partial charge in [-0.15, -0.1) is 0 Å². The van der Waals surface area contributed by atoms with E-state index in [2.05, 4.69) is 5.32 Å². The van der Waals surface area contributed by atoms with Crippen molar-refractivity contribution in [3.05, 3.63) is 64.7 Å². The van der Waals surface area contributed by atoms with E-state index in [0.717, 1.165) is 29.8 Å². The fourth-order valence-corrected chi connectivity index (χ4v) is 2.93. The van der Waals surface area contributed by atoms with Crippen LogP contribution in [-0.4, -0.2) is 18.4 Å². The van der Waals surface area contributed by atoms with E-state index in [1.54, 1.807) is 4.90 Å². The smallest absolute Gasteiger partial charge is 0.251 e. The van der Waals surface area contributed by atoms with Crippen molar-refractivity contribution in [2.75, 3.05) is 11.4 Å². The first-order valence-corrected chi connectivity index (χ1v) is 8.29. The second-order valence-electron chi connectivity index (χ2n) is 6.32. The van der Waals surface area contributed by atoms with E-state index in [1.165, 1.54) is 5.56 Å². The molecule has 2 amide bonds. The molecule has 2 aromatic rings. The number of nitrogens with zero attached hydrogens (tertiary/aromatic N) is 1. The average Bonchev–Trinajstić information content (AvgIpc) is 3.00. The zero-order valence-corrected chi connectivity index (χ0v) is 14.1. The van der Waals surface area contributed by atoms with Crippen molar-refractivity contribution < 1.29 is 9.59 Å². The van der Waals surface area contributed by atoms with Crippen LogP contribution >= 0.6 is 0 Å². The summed E-state index contributed by atoms with van der Waals surface area (Å²) in [6.45, 7) is 5.23. The Bertz CT molecular complexity index is 766. The quantitative estimate of drug-likeness (QED) is 0.938. The van der Waals surface area contributed by atoms with Gasteiger partial charge >= 0.3 is 0 Å². The fraction of sp³-hybridized carbons (Fsp3) is 0.300. The van der Waals surface area contributed by atoms with Gasteiger partial charge < -0.3 is 10.2 Å². The Balaban J connectivity index is 1.73. The predicted octanol–water partition coefficient (Wildman–Crippen LogP) is 3.36. The molecule has 1 heterocycles. The zero-order chi connectivity index (χ0) is 17.1. The minimum atomic E-state index is -0.122. The van der Waals surface area contributed by atoms with Crippen molar-refractivity contribution in [3.63, 3.8) is 0 Å². The van der Waals surface area contributed by atoms with Gasteiger partial charge in [0, 0.05) is 30.8 Å². The predicted molar refractivity (Wildman–Crippen MR) is 95.1 cm³/mol. The summed E-state index contributed by atoms with van der Waals surface area (Å²) < 4.78 is 0. The van der Waals surface area contributed by atoms with Crippen LogP contribution in [0, 0.1) is 13.8 Å². The molecule has 1 N–H and O–H groups in total.